The lowest BCUT2D eigenvalue weighted by Gasteiger charge is -2.35. The van der Waals surface area contributed by atoms with Crippen molar-refractivity contribution < 1.29 is 0 Å². The Morgan fingerprint density at radius 1 is 0.191 bits per heavy atom. The molecule has 0 saturated heterocycles. The highest BCUT2D eigenvalue weighted by Crippen LogP contribution is 2.54. The van der Waals surface area contributed by atoms with Gasteiger partial charge < -0.3 is 9.80 Å². The van der Waals surface area contributed by atoms with Crippen LogP contribution in [0.5, 0.6) is 0 Å². The van der Waals surface area contributed by atoms with Gasteiger partial charge in [0.15, 0.2) is 16.1 Å². The first-order valence-corrected chi connectivity index (χ1v) is 44.6. The molecule has 16 aromatic rings. The molecule has 3 aliphatic carbocycles. The minimum absolute atomic E-state index is 0.194. The van der Waals surface area contributed by atoms with Crippen LogP contribution in [0, 0.1) is 13.8 Å². The van der Waals surface area contributed by atoms with Crippen LogP contribution in [0.15, 0.2) is 388 Å². The van der Waals surface area contributed by atoms with Crippen LogP contribution in [0.4, 0.5) is 34.1 Å². The molecule has 0 aromatic heterocycles. The van der Waals surface area contributed by atoms with Gasteiger partial charge in [0.25, 0.3) is 0 Å². The molecular weight excluding hydrogens is 1420 g/mol. The van der Waals surface area contributed by atoms with Crippen LogP contribution in [0.25, 0.3) is 57.7 Å². The van der Waals surface area contributed by atoms with Crippen LogP contribution in [-0.2, 0) is 16.2 Å². The van der Waals surface area contributed by atoms with E-state index in [2.05, 4.69) is 478 Å². The average Bonchev–Trinajstić information content (AvgIpc) is 1.73. The fraction of sp³-hybridized carbons (Fsp3) is 0.0991. The molecule has 3 aliphatic rings. The Kier molecular flexibility index (Phi) is 18.2. The topological polar surface area (TPSA) is 6.48 Å². The second-order valence-electron chi connectivity index (χ2n) is 33.4. The van der Waals surface area contributed by atoms with Gasteiger partial charge >= 0.3 is 0 Å². The SMILES string of the molecule is Cc1cccc(N(c2ccc([Si](c3ccccc3)(c3ccccc3)c3ccccc3)cc2)c2ccc3c(c2)C(C)(C)c2cc(/C=C/c4ccc5c(c4)C(C)(C)c4cc(/C=C/c6ccc7c(c6)C(C)(C)c6cc(N(c8ccc([Si](c9ccccc9)(c9ccccc9)c9ccccc9)cc8)c8cccc(C)c8)ccc6-7)ccc4-5)ccc2-3)c1. The first kappa shape index (κ1) is 72.3. The second-order valence-corrected chi connectivity index (χ2v) is 41.0. The van der Waals surface area contributed by atoms with Gasteiger partial charge in [-0.15, -0.1) is 0 Å². The van der Waals surface area contributed by atoms with E-state index in [1.54, 1.807) is 0 Å². The van der Waals surface area contributed by atoms with E-state index < -0.39 is 16.1 Å². The van der Waals surface area contributed by atoms with Gasteiger partial charge in [-0.3, -0.25) is 0 Å². The Hall–Kier alpha value is -13.0. The van der Waals surface area contributed by atoms with Gasteiger partial charge in [-0.1, -0.05) is 381 Å². The van der Waals surface area contributed by atoms with Gasteiger partial charge in [0, 0.05) is 50.4 Å². The molecule has 0 radical (unpaired) electrons. The van der Waals surface area contributed by atoms with Crippen LogP contribution in [-0.4, -0.2) is 16.1 Å². The summed E-state index contributed by atoms with van der Waals surface area (Å²) in [6.45, 7) is 18.8. The van der Waals surface area contributed by atoms with Gasteiger partial charge in [0.1, 0.15) is 0 Å². The number of aryl methyl sites for hydroxylation is 2. The van der Waals surface area contributed by atoms with Crippen LogP contribution in [0.3, 0.4) is 0 Å². The van der Waals surface area contributed by atoms with E-state index in [1.165, 1.54) is 142 Å². The molecule has 2 nitrogen and oxygen atoms in total. The Morgan fingerprint density at radius 3 is 0.643 bits per heavy atom. The van der Waals surface area contributed by atoms with Gasteiger partial charge in [-0.25, -0.2) is 0 Å². The van der Waals surface area contributed by atoms with Crippen molar-refractivity contribution in [3.63, 3.8) is 0 Å². The normalized spacial score (nSPS) is 13.9. The number of anilines is 6. The monoisotopic (exact) mass is 1510 g/mol. The van der Waals surface area contributed by atoms with E-state index in [0.29, 0.717) is 0 Å². The van der Waals surface area contributed by atoms with E-state index >= 15 is 0 Å². The molecule has 0 spiro atoms. The highest BCUT2D eigenvalue weighted by Gasteiger charge is 2.45. The first-order valence-electron chi connectivity index (χ1n) is 40.6. The lowest BCUT2D eigenvalue weighted by molar-refractivity contribution is 0.660. The van der Waals surface area contributed by atoms with Crippen molar-refractivity contribution >= 4 is 116 Å². The summed E-state index contributed by atoms with van der Waals surface area (Å²) >= 11 is 0. The molecular formula is C111H92N2Si2. The molecule has 0 N–H and O–H groups in total. The van der Waals surface area contributed by atoms with Crippen LogP contribution >= 0.6 is 0 Å². The summed E-state index contributed by atoms with van der Waals surface area (Å²) in [7, 11) is -5.45. The molecule has 0 atom stereocenters. The predicted octanol–water partition coefficient (Wildman–Crippen LogP) is 23.3. The standard InChI is InChI=1S/C111H92N2Si2/c1-77-29-27-31-85(69-77)112(83-53-59-95(60-54-83)114(89-33-15-9-16-34-89,90-35-17-10-18-36-90)91-37-19-11-20-38-91)87-57-67-101-99-65-51-81(73-105(99)110(5,6)107(101)75-87)47-45-79-49-63-97-98-64-50-80(72-104(98)109(3,4)103(97)71-79)46-48-82-52-66-100-102-68-58-88(76-108(102)111(7,8)106(100)74-82)113(86-32-28-30-78(2)70-86)84-55-61-96(62-56-84)115(92-39-21-12-22-40-92,93-41-23-13-24-42-93)94-43-25-14-26-44-94/h9-76H,1-8H3/b47-45+,48-46+. The summed E-state index contributed by atoms with van der Waals surface area (Å²) < 4.78 is 0. The van der Waals surface area contributed by atoms with Gasteiger partial charge in [-0.2, -0.15) is 0 Å². The maximum Gasteiger partial charge on any atom is 0.179 e. The number of hydrogen-bond acceptors (Lipinski definition) is 2. The third-order valence-electron chi connectivity index (χ3n) is 25.4. The lowest BCUT2D eigenvalue weighted by atomic mass is 9.81. The molecule has 0 aliphatic heterocycles. The molecule has 4 heteroatoms. The molecule has 0 heterocycles. The third kappa shape index (κ3) is 12.4. The van der Waals surface area contributed by atoms with Crippen molar-refractivity contribution in [3.05, 3.63) is 455 Å². The van der Waals surface area contributed by atoms with Gasteiger partial charge in [0.2, 0.25) is 0 Å². The number of nitrogens with zero attached hydrogens (tertiary/aromatic N) is 2. The fourth-order valence-electron chi connectivity index (χ4n) is 19.6. The zero-order valence-electron chi connectivity index (χ0n) is 66.7. The van der Waals surface area contributed by atoms with E-state index in [9.17, 15) is 0 Å². The van der Waals surface area contributed by atoms with Crippen molar-refractivity contribution in [1.29, 1.82) is 0 Å². The van der Waals surface area contributed by atoms with E-state index in [-0.39, 0.29) is 16.2 Å². The Labute approximate surface area is 681 Å². The van der Waals surface area contributed by atoms with Gasteiger partial charge in [-0.05, 0) is 228 Å². The van der Waals surface area contributed by atoms with Crippen molar-refractivity contribution in [2.75, 3.05) is 9.80 Å². The molecule has 554 valence electrons. The maximum absolute atomic E-state index is 2.72. The van der Waals surface area contributed by atoms with E-state index in [4.69, 9.17) is 0 Å². The van der Waals surface area contributed by atoms with E-state index in [0.717, 1.165) is 34.1 Å². The zero-order chi connectivity index (χ0) is 78.2. The zero-order valence-corrected chi connectivity index (χ0v) is 68.7. The van der Waals surface area contributed by atoms with Crippen molar-refractivity contribution in [2.45, 2.75) is 71.6 Å². The quantitative estimate of drug-likeness (QED) is 0.0480. The summed E-state index contributed by atoms with van der Waals surface area (Å²) in [5, 5.41) is 10.9. The molecule has 0 amide bonds. The number of benzene rings is 16. The molecule has 0 unspecified atom stereocenters. The Bertz CT molecular complexity index is 5840. The van der Waals surface area contributed by atoms with Crippen molar-refractivity contribution in [3.8, 4) is 33.4 Å². The summed E-state index contributed by atoms with van der Waals surface area (Å²) in [5.74, 6) is 0. The van der Waals surface area contributed by atoms with Crippen LogP contribution in [0.2, 0.25) is 0 Å². The number of rotatable bonds is 18. The maximum atomic E-state index is 2.46. The highest BCUT2D eigenvalue weighted by molar-refractivity contribution is 7.20. The van der Waals surface area contributed by atoms with E-state index in [1.807, 2.05) is 0 Å². The van der Waals surface area contributed by atoms with Gasteiger partial charge in [0.05, 0.1) is 0 Å². The largest absolute Gasteiger partial charge is 0.310 e. The fourth-order valence-corrected chi connectivity index (χ4v) is 29.1. The minimum Gasteiger partial charge on any atom is -0.310 e. The lowest BCUT2D eigenvalue weighted by Crippen LogP contribution is -2.74. The van der Waals surface area contributed by atoms with Crippen molar-refractivity contribution in [1.82, 2.24) is 0 Å². The third-order valence-corrected chi connectivity index (χ3v) is 35.0. The van der Waals surface area contributed by atoms with Crippen molar-refractivity contribution in [2.24, 2.45) is 0 Å². The first-order chi connectivity index (χ1) is 56.1. The predicted molar refractivity (Wildman–Crippen MR) is 496 cm³/mol. The van der Waals surface area contributed by atoms with Crippen LogP contribution < -0.4 is 51.3 Å². The summed E-state index contributed by atoms with van der Waals surface area (Å²) in [5.41, 5.74) is 29.3. The molecule has 19 rings (SSSR count). The summed E-state index contributed by atoms with van der Waals surface area (Å²) in [4.78, 5) is 4.90. The summed E-state index contributed by atoms with van der Waals surface area (Å²) in [6, 6.07) is 147. The molecule has 0 bridgehead atoms. The number of hydrogen-bond donors (Lipinski definition) is 0. The molecule has 0 saturated carbocycles. The molecule has 16 aromatic carbocycles. The minimum atomic E-state index is -2.72. The number of fused-ring (bicyclic) bond motifs is 9. The Balaban J connectivity index is 0.566. The van der Waals surface area contributed by atoms with Crippen LogP contribution in [0.1, 0.15) is 108 Å². The summed E-state index contributed by atoms with van der Waals surface area (Å²) in [6.07, 6.45) is 9.24. The second kappa shape index (κ2) is 28.9. The highest BCUT2D eigenvalue weighted by atomic mass is 28.3. The average molecular weight is 1510 g/mol. The Morgan fingerprint density at radius 2 is 0.400 bits per heavy atom. The molecule has 0 fully saturated rings. The smallest absolute Gasteiger partial charge is 0.179 e. The molecule has 115 heavy (non-hydrogen) atoms.